The Hall–Kier alpha value is -0.390. The number of nitrogens with zero attached hydrogens (tertiary/aromatic N) is 2. The van der Waals surface area contributed by atoms with Gasteiger partial charge in [0.1, 0.15) is 26.8 Å². The fraction of sp³-hybridized carbons (Fsp3) is 0.667. The molecule has 1 saturated carbocycles. The van der Waals surface area contributed by atoms with E-state index in [0.717, 1.165) is 10.7 Å². The van der Waals surface area contributed by atoms with Gasteiger partial charge in [0.15, 0.2) is 0 Å². The Labute approximate surface area is 110 Å². The summed E-state index contributed by atoms with van der Waals surface area (Å²) in [7, 11) is 0. The van der Waals surface area contributed by atoms with Crippen molar-refractivity contribution in [2.75, 3.05) is 0 Å². The molecule has 17 heavy (non-hydrogen) atoms. The minimum absolute atomic E-state index is 0.308. The highest BCUT2D eigenvalue weighted by Crippen LogP contribution is 2.40. The molecule has 1 aromatic heterocycles. The first-order valence-corrected chi connectivity index (χ1v) is 7.79. The fourth-order valence-corrected chi connectivity index (χ4v) is 2.84. The predicted octanol–water partition coefficient (Wildman–Crippen LogP) is 3.29. The number of aromatic nitrogens is 1. The molecule has 0 saturated heterocycles. The third kappa shape index (κ3) is 3.30. The van der Waals surface area contributed by atoms with E-state index in [4.69, 9.17) is 0 Å². The summed E-state index contributed by atoms with van der Waals surface area (Å²) in [4.78, 5) is 4.56. The highest BCUT2D eigenvalue weighted by Gasteiger charge is 2.28. The van der Waals surface area contributed by atoms with Gasteiger partial charge in [-0.1, -0.05) is 4.40 Å². The summed E-state index contributed by atoms with van der Waals surface area (Å²) in [5, 5.41) is 3.01. The van der Waals surface area contributed by atoms with E-state index in [1.54, 1.807) is 11.3 Å². The topological polar surface area (TPSA) is 48.3 Å². The van der Waals surface area contributed by atoms with Crippen LogP contribution in [0.15, 0.2) is 9.78 Å². The third-order valence-corrected chi connectivity index (χ3v) is 5.03. The van der Waals surface area contributed by atoms with Crippen molar-refractivity contribution in [3.63, 3.8) is 0 Å². The van der Waals surface area contributed by atoms with E-state index < -0.39 is 11.4 Å². The molecule has 0 spiro atoms. The highest BCUT2D eigenvalue weighted by atomic mass is 32.2. The zero-order chi connectivity index (χ0) is 12.6. The largest absolute Gasteiger partial charge is 0.591 e. The lowest BCUT2D eigenvalue weighted by Gasteiger charge is -2.18. The van der Waals surface area contributed by atoms with Gasteiger partial charge in [-0.2, -0.15) is 0 Å². The van der Waals surface area contributed by atoms with Gasteiger partial charge in [0.25, 0.3) is 0 Å². The Morgan fingerprint density at radius 1 is 1.53 bits per heavy atom. The van der Waals surface area contributed by atoms with Gasteiger partial charge in [-0.25, -0.2) is 4.98 Å². The van der Waals surface area contributed by atoms with Gasteiger partial charge in [-0.05, 0) is 40.5 Å². The molecule has 0 aromatic carbocycles. The third-order valence-electron chi connectivity index (χ3n) is 2.57. The van der Waals surface area contributed by atoms with Crippen molar-refractivity contribution in [3.8, 4) is 0 Å². The lowest BCUT2D eigenvalue weighted by molar-refractivity contribution is 0.561. The van der Waals surface area contributed by atoms with E-state index in [1.807, 2.05) is 27.7 Å². The minimum Gasteiger partial charge on any atom is -0.591 e. The SMILES string of the molecule is CC(=N[S+]([O-])C(C)(C)C)c1nc(C2CC2)cs1. The molecule has 1 aromatic rings. The molecule has 1 atom stereocenters. The zero-order valence-corrected chi connectivity index (χ0v) is 12.3. The summed E-state index contributed by atoms with van der Waals surface area (Å²) in [5.74, 6) is 0.668. The van der Waals surface area contributed by atoms with Crippen LogP contribution in [0.5, 0.6) is 0 Å². The Kier molecular flexibility index (Phi) is 3.61. The van der Waals surface area contributed by atoms with Crippen LogP contribution >= 0.6 is 11.3 Å². The summed E-state index contributed by atoms with van der Waals surface area (Å²) in [5.41, 5.74) is 1.97. The van der Waals surface area contributed by atoms with Crippen molar-refractivity contribution >= 4 is 28.4 Å². The fourth-order valence-electron chi connectivity index (χ4n) is 1.32. The van der Waals surface area contributed by atoms with Gasteiger partial charge in [-0.3, -0.25) is 0 Å². The lowest BCUT2D eigenvalue weighted by atomic mass is 10.3. The van der Waals surface area contributed by atoms with Crippen LogP contribution in [0.3, 0.4) is 0 Å². The van der Waals surface area contributed by atoms with Crippen molar-refractivity contribution in [3.05, 3.63) is 16.1 Å². The van der Waals surface area contributed by atoms with E-state index in [0.29, 0.717) is 5.92 Å². The van der Waals surface area contributed by atoms with E-state index in [2.05, 4.69) is 14.8 Å². The first-order valence-electron chi connectivity index (χ1n) is 5.81. The van der Waals surface area contributed by atoms with Crippen LogP contribution in [0.4, 0.5) is 0 Å². The number of hydrogen-bond donors (Lipinski definition) is 0. The Balaban J connectivity index is 2.12. The van der Waals surface area contributed by atoms with Crippen LogP contribution < -0.4 is 0 Å². The molecule has 1 heterocycles. The van der Waals surface area contributed by atoms with Crippen LogP contribution in [-0.4, -0.2) is 20.0 Å². The van der Waals surface area contributed by atoms with Gasteiger partial charge < -0.3 is 4.55 Å². The Morgan fingerprint density at radius 3 is 2.71 bits per heavy atom. The molecule has 2 rings (SSSR count). The summed E-state index contributed by atoms with van der Waals surface area (Å²) in [6.07, 6.45) is 2.51. The summed E-state index contributed by atoms with van der Waals surface area (Å²) >= 11 is 0.403. The predicted molar refractivity (Wildman–Crippen MR) is 74.2 cm³/mol. The molecule has 0 radical (unpaired) electrons. The second-order valence-electron chi connectivity index (χ2n) is 5.39. The van der Waals surface area contributed by atoms with Gasteiger partial charge in [0, 0.05) is 11.3 Å². The average molecular weight is 270 g/mol. The Morgan fingerprint density at radius 2 is 2.18 bits per heavy atom. The molecule has 5 heteroatoms. The standard InChI is InChI=1S/C12H18N2OS2/c1-8(14-17(15)12(2,3)4)11-13-10(7-16-11)9-5-6-9/h7,9H,5-6H2,1-4H3. The molecule has 0 bridgehead atoms. The zero-order valence-electron chi connectivity index (χ0n) is 10.7. The first-order chi connectivity index (χ1) is 7.88. The Bertz CT molecular complexity index is 430. The quantitative estimate of drug-likeness (QED) is 0.625. The summed E-state index contributed by atoms with van der Waals surface area (Å²) in [6.45, 7) is 7.67. The van der Waals surface area contributed by atoms with Crippen LogP contribution in [0.1, 0.15) is 57.2 Å². The second-order valence-corrected chi connectivity index (χ2v) is 8.15. The maximum absolute atomic E-state index is 11.9. The molecule has 3 nitrogen and oxygen atoms in total. The average Bonchev–Trinajstić information content (AvgIpc) is 2.95. The molecule has 0 amide bonds. The molecule has 1 fully saturated rings. The van der Waals surface area contributed by atoms with Gasteiger partial charge in [-0.15, -0.1) is 11.3 Å². The smallest absolute Gasteiger partial charge is 0.144 e. The van der Waals surface area contributed by atoms with E-state index in [9.17, 15) is 4.55 Å². The van der Waals surface area contributed by atoms with Crippen molar-refractivity contribution in [2.45, 2.75) is 51.2 Å². The van der Waals surface area contributed by atoms with Gasteiger partial charge in [0.2, 0.25) is 0 Å². The van der Waals surface area contributed by atoms with Crippen LogP contribution in [0.2, 0.25) is 0 Å². The normalized spacial score (nSPS) is 19.5. The molecular formula is C12H18N2OS2. The van der Waals surface area contributed by atoms with Crippen LogP contribution in [-0.2, 0) is 11.4 Å². The van der Waals surface area contributed by atoms with Crippen molar-refractivity contribution in [2.24, 2.45) is 4.40 Å². The molecule has 1 unspecified atom stereocenters. The molecule has 94 valence electrons. The van der Waals surface area contributed by atoms with Crippen LogP contribution in [0.25, 0.3) is 0 Å². The van der Waals surface area contributed by atoms with E-state index in [-0.39, 0.29) is 4.75 Å². The molecule has 0 aliphatic heterocycles. The number of rotatable bonds is 3. The maximum atomic E-state index is 11.9. The summed E-state index contributed by atoms with van der Waals surface area (Å²) in [6, 6.07) is 0. The van der Waals surface area contributed by atoms with Crippen LogP contribution in [0, 0.1) is 0 Å². The van der Waals surface area contributed by atoms with Gasteiger partial charge >= 0.3 is 0 Å². The highest BCUT2D eigenvalue weighted by molar-refractivity contribution is 7.91. The molecule has 0 N–H and O–H groups in total. The lowest BCUT2D eigenvalue weighted by Crippen LogP contribution is -2.26. The van der Waals surface area contributed by atoms with Gasteiger partial charge in [0.05, 0.1) is 5.69 Å². The van der Waals surface area contributed by atoms with Crippen molar-refractivity contribution < 1.29 is 4.55 Å². The van der Waals surface area contributed by atoms with Crippen molar-refractivity contribution in [1.29, 1.82) is 0 Å². The first kappa shape index (κ1) is 13.1. The summed E-state index contributed by atoms with van der Waals surface area (Å²) < 4.78 is 15.8. The molecule has 1 aliphatic carbocycles. The minimum atomic E-state index is -1.20. The molecular weight excluding hydrogens is 252 g/mol. The molecule has 1 aliphatic rings. The monoisotopic (exact) mass is 270 g/mol. The number of thiazole rings is 1. The second kappa shape index (κ2) is 4.71. The van der Waals surface area contributed by atoms with Crippen molar-refractivity contribution in [1.82, 2.24) is 4.98 Å². The van der Waals surface area contributed by atoms with E-state index in [1.165, 1.54) is 18.5 Å². The maximum Gasteiger partial charge on any atom is 0.144 e. The number of hydrogen-bond acceptors (Lipinski definition) is 4. The van der Waals surface area contributed by atoms with E-state index >= 15 is 0 Å².